The lowest BCUT2D eigenvalue weighted by Gasteiger charge is -2.10. The SMILES string of the molecule is COC(=O)[C@@H](C)/[N+]([O-])=C/c1ccc(OC)cc1. The van der Waals surface area contributed by atoms with Gasteiger partial charge in [-0.05, 0) is 24.3 Å². The van der Waals surface area contributed by atoms with Crippen LogP contribution in [0.5, 0.6) is 5.75 Å². The van der Waals surface area contributed by atoms with Crippen LogP contribution < -0.4 is 4.74 Å². The highest BCUT2D eigenvalue weighted by Crippen LogP contribution is 2.09. The molecule has 1 rings (SSSR count). The standard InChI is InChI=1S/C12H15NO4/c1-9(12(14)17-3)13(15)8-10-4-6-11(16-2)7-5-10/h4-9H,1-3H3/b13-8-/t9-/m1/s1. The van der Waals surface area contributed by atoms with Gasteiger partial charge in [0.15, 0.2) is 6.21 Å². The number of nitrogens with zero attached hydrogens (tertiary/aromatic N) is 1. The van der Waals surface area contributed by atoms with E-state index in [0.29, 0.717) is 16.1 Å². The van der Waals surface area contributed by atoms with E-state index in [-0.39, 0.29) is 0 Å². The summed E-state index contributed by atoms with van der Waals surface area (Å²) in [4.78, 5) is 11.1. The summed E-state index contributed by atoms with van der Waals surface area (Å²) in [5.41, 5.74) is 0.691. The predicted molar refractivity (Wildman–Crippen MR) is 63.3 cm³/mol. The Kier molecular flexibility index (Phi) is 4.51. The predicted octanol–water partition coefficient (Wildman–Crippen LogP) is 1.19. The molecule has 0 aliphatic rings. The molecule has 0 heterocycles. The molecule has 0 bridgehead atoms. The lowest BCUT2D eigenvalue weighted by atomic mass is 10.2. The molecule has 0 radical (unpaired) electrons. The van der Waals surface area contributed by atoms with Gasteiger partial charge in [0.05, 0.1) is 14.2 Å². The van der Waals surface area contributed by atoms with Crippen molar-refractivity contribution in [2.24, 2.45) is 0 Å². The van der Waals surface area contributed by atoms with E-state index in [1.165, 1.54) is 20.2 Å². The average Bonchev–Trinajstić information content (AvgIpc) is 2.37. The van der Waals surface area contributed by atoms with Crippen molar-refractivity contribution in [3.8, 4) is 5.75 Å². The summed E-state index contributed by atoms with van der Waals surface area (Å²) in [6.45, 7) is 1.48. The highest BCUT2D eigenvalue weighted by atomic mass is 16.5. The minimum atomic E-state index is -0.859. The number of carbonyl (C=O) groups excluding carboxylic acids is 1. The fourth-order valence-corrected chi connectivity index (χ4v) is 1.22. The Morgan fingerprint density at radius 2 is 1.94 bits per heavy atom. The van der Waals surface area contributed by atoms with Crippen molar-refractivity contribution < 1.29 is 19.0 Å². The van der Waals surface area contributed by atoms with Crippen LogP contribution in [-0.2, 0) is 9.53 Å². The number of hydrogen-bond acceptors (Lipinski definition) is 4. The number of carbonyl (C=O) groups is 1. The lowest BCUT2D eigenvalue weighted by Crippen LogP contribution is -2.29. The van der Waals surface area contributed by atoms with Crippen molar-refractivity contribution in [3.63, 3.8) is 0 Å². The number of benzene rings is 1. The monoisotopic (exact) mass is 237 g/mol. The molecule has 1 aromatic carbocycles. The molecule has 17 heavy (non-hydrogen) atoms. The summed E-state index contributed by atoms with van der Waals surface area (Å²) >= 11 is 0. The van der Waals surface area contributed by atoms with Gasteiger partial charge in [0.2, 0.25) is 0 Å². The second-order valence-corrected chi connectivity index (χ2v) is 3.46. The van der Waals surface area contributed by atoms with Crippen LogP contribution in [0.2, 0.25) is 0 Å². The first-order valence-corrected chi connectivity index (χ1v) is 5.10. The first kappa shape index (κ1) is 13.0. The first-order chi connectivity index (χ1) is 8.08. The van der Waals surface area contributed by atoms with Gasteiger partial charge in [0, 0.05) is 12.5 Å². The van der Waals surface area contributed by atoms with Crippen LogP contribution in [0.1, 0.15) is 12.5 Å². The average molecular weight is 237 g/mol. The summed E-state index contributed by atoms with van der Waals surface area (Å²) in [6, 6.07) is 6.08. The zero-order chi connectivity index (χ0) is 12.8. The van der Waals surface area contributed by atoms with E-state index in [1.807, 2.05) is 0 Å². The third-order valence-electron chi connectivity index (χ3n) is 2.32. The molecule has 0 aliphatic heterocycles. The lowest BCUT2D eigenvalue weighted by molar-refractivity contribution is -0.479. The highest BCUT2D eigenvalue weighted by Gasteiger charge is 2.20. The van der Waals surface area contributed by atoms with E-state index >= 15 is 0 Å². The van der Waals surface area contributed by atoms with Crippen molar-refractivity contribution in [2.45, 2.75) is 13.0 Å². The number of hydrogen-bond donors (Lipinski definition) is 0. The van der Waals surface area contributed by atoms with Gasteiger partial charge in [0.1, 0.15) is 5.75 Å². The second-order valence-electron chi connectivity index (χ2n) is 3.46. The van der Waals surface area contributed by atoms with Crippen LogP contribution in [0.3, 0.4) is 0 Å². The van der Waals surface area contributed by atoms with Gasteiger partial charge in [-0.25, -0.2) is 4.79 Å². The van der Waals surface area contributed by atoms with E-state index in [1.54, 1.807) is 31.4 Å². The van der Waals surface area contributed by atoms with Crippen molar-refractivity contribution in [2.75, 3.05) is 14.2 Å². The maximum atomic E-state index is 11.6. The largest absolute Gasteiger partial charge is 0.623 e. The van der Waals surface area contributed by atoms with Gasteiger partial charge in [0.25, 0.3) is 6.04 Å². The zero-order valence-electron chi connectivity index (χ0n) is 10.0. The third kappa shape index (κ3) is 3.48. The minimum absolute atomic E-state index is 0.563. The van der Waals surface area contributed by atoms with E-state index in [2.05, 4.69) is 4.74 Å². The van der Waals surface area contributed by atoms with Gasteiger partial charge in [-0.15, -0.1) is 0 Å². The molecule has 0 amide bonds. The Bertz CT molecular complexity index is 411. The Labute approximate surface area is 99.9 Å². The molecular formula is C12H15NO4. The smallest absolute Gasteiger partial charge is 0.376 e. The Hall–Kier alpha value is -2.04. The van der Waals surface area contributed by atoms with Crippen LogP contribution in [0.25, 0.3) is 0 Å². The summed E-state index contributed by atoms with van der Waals surface area (Å²) in [7, 11) is 2.82. The normalized spacial score (nSPS) is 13.0. The molecule has 0 saturated heterocycles. The zero-order valence-corrected chi connectivity index (χ0v) is 10.0. The van der Waals surface area contributed by atoms with Crippen LogP contribution >= 0.6 is 0 Å². The highest BCUT2D eigenvalue weighted by molar-refractivity contribution is 5.78. The molecule has 0 spiro atoms. The molecule has 0 unspecified atom stereocenters. The summed E-state index contributed by atoms with van der Waals surface area (Å²) < 4.78 is 10.0. The van der Waals surface area contributed by atoms with Crippen molar-refractivity contribution in [1.29, 1.82) is 0 Å². The van der Waals surface area contributed by atoms with Crippen LogP contribution in [0, 0.1) is 5.21 Å². The fourth-order valence-electron chi connectivity index (χ4n) is 1.22. The van der Waals surface area contributed by atoms with Gasteiger partial charge in [-0.3, -0.25) is 0 Å². The van der Waals surface area contributed by atoms with E-state index < -0.39 is 12.0 Å². The number of esters is 1. The van der Waals surface area contributed by atoms with Crippen molar-refractivity contribution in [1.82, 2.24) is 0 Å². The molecule has 0 saturated carbocycles. The Morgan fingerprint density at radius 3 is 2.41 bits per heavy atom. The molecule has 0 aromatic heterocycles. The third-order valence-corrected chi connectivity index (χ3v) is 2.32. The fraction of sp³-hybridized carbons (Fsp3) is 0.333. The molecule has 5 heteroatoms. The molecule has 0 fully saturated rings. The van der Waals surface area contributed by atoms with E-state index in [0.717, 1.165) is 0 Å². The molecule has 92 valence electrons. The number of rotatable bonds is 4. The van der Waals surface area contributed by atoms with Crippen LogP contribution in [0.4, 0.5) is 0 Å². The summed E-state index contributed by atoms with van der Waals surface area (Å²) in [5, 5.41) is 11.6. The maximum Gasteiger partial charge on any atom is 0.376 e. The quantitative estimate of drug-likeness (QED) is 0.259. The molecule has 0 aliphatic carbocycles. The molecule has 0 N–H and O–H groups in total. The van der Waals surface area contributed by atoms with Gasteiger partial charge < -0.3 is 14.7 Å². The summed E-state index contributed by atoms with van der Waals surface area (Å²) in [5.74, 6) is 0.144. The molecule has 5 nitrogen and oxygen atoms in total. The van der Waals surface area contributed by atoms with Crippen molar-refractivity contribution >= 4 is 12.2 Å². The van der Waals surface area contributed by atoms with E-state index in [9.17, 15) is 10.0 Å². The molecule has 1 atom stereocenters. The minimum Gasteiger partial charge on any atom is -0.623 e. The number of ether oxygens (including phenoxy) is 2. The molecule has 1 aromatic rings. The van der Waals surface area contributed by atoms with E-state index in [4.69, 9.17) is 4.74 Å². The Balaban J connectivity index is 2.83. The first-order valence-electron chi connectivity index (χ1n) is 5.10. The van der Waals surface area contributed by atoms with Crippen molar-refractivity contribution in [3.05, 3.63) is 35.0 Å². The van der Waals surface area contributed by atoms with Crippen LogP contribution in [-0.4, -0.2) is 37.2 Å². The number of hydroxylamine groups is 1. The topological polar surface area (TPSA) is 61.6 Å². The van der Waals surface area contributed by atoms with Gasteiger partial charge in [-0.2, -0.15) is 4.74 Å². The number of methoxy groups -OCH3 is 2. The van der Waals surface area contributed by atoms with Gasteiger partial charge >= 0.3 is 5.97 Å². The molecular weight excluding hydrogens is 222 g/mol. The summed E-state index contributed by atoms with van der Waals surface area (Å²) in [6.07, 6.45) is 1.33. The van der Waals surface area contributed by atoms with Crippen LogP contribution in [0.15, 0.2) is 24.3 Å². The maximum absolute atomic E-state index is 11.6. The Morgan fingerprint density at radius 1 is 1.35 bits per heavy atom. The van der Waals surface area contributed by atoms with Gasteiger partial charge in [-0.1, -0.05) is 0 Å². The second kappa shape index (κ2) is 5.89.